The molecular formula is C27H26N4O2. The highest BCUT2D eigenvalue weighted by Crippen LogP contribution is 2.30. The summed E-state index contributed by atoms with van der Waals surface area (Å²) in [6.45, 7) is 3.60. The summed E-state index contributed by atoms with van der Waals surface area (Å²) in [7, 11) is 0. The minimum atomic E-state index is -0.254. The van der Waals surface area contributed by atoms with E-state index in [4.69, 9.17) is 4.74 Å². The number of nitrogens with one attached hydrogen (secondary N) is 2. The number of esters is 1. The molecule has 0 radical (unpaired) electrons. The number of allylic oxidation sites excluding steroid dienone is 10. The number of aryl methyl sites for hydroxylation is 1. The summed E-state index contributed by atoms with van der Waals surface area (Å²) in [4.78, 5) is 17.3. The summed E-state index contributed by atoms with van der Waals surface area (Å²) in [5.41, 5.74) is 7.39. The predicted octanol–water partition coefficient (Wildman–Crippen LogP) is 4.38. The van der Waals surface area contributed by atoms with Gasteiger partial charge in [-0.3, -0.25) is 10.1 Å². The van der Waals surface area contributed by atoms with E-state index < -0.39 is 0 Å². The van der Waals surface area contributed by atoms with Gasteiger partial charge in [0.2, 0.25) is 0 Å². The van der Waals surface area contributed by atoms with Crippen LogP contribution in [0.1, 0.15) is 24.1 Å². The Hall–Kier alpha value is -3.77. The van der Waals surface area contributed by atoms with Crippen molar-refractivity contribution in [3.63, 3.8) is 0 Å². The standard InChI is InChI=1S/C27H26N4O2/c1-18-5-2-10-25(30-18)26-24(17-29-31-26)20-7-4-8-21-15-22(9-3-6-19(21)11-12-20)27(32)33-23-13-14-28-16-23/h2,4-12,15,17,23,28H,3,13-14,16H2,1H3,(H,29,31)/b8-4+,12-11?,20-7?/t23-/m0/s1. The van der Waals surface area contributed by atoms with Gasteiger partial charge >= 0.3 is 5.97 Å². The number of hydrogen-bond acceptors (Lipinski definition) is 5. The normalized spacial score (nSPS) is 20.9. The molecule has 2 aromatic rings. The molecule has 2 N–H and O–H groups in total. The third kappa shape index (κ3) is 4.71. The van der Waals surface area contributed by atoms with Gasteiger partial charge in [0, 0.05) is 17.8 Å². The third-order valence-corrected chi connectivity index (χ3v) is 5.93. The summed E-state index contributed by atoms with van der Waals surface area (Å²) < 4.78 is 5.66. The Balaban J connectivity index is 1.41. The predicted molar refractivity (Wildman–Crippen MR) is 129 cm³/mol. The van der Waals surface area contributed by atoms with Gasteiger partial charge in [-0.05, 0) is 61.2 Å². The van der Waals surface area contributed by atoms with Crippen LogP contribution in [0.2, 0.25) is 0 Å². The van der Waals surface area contributed by atoms with Crippen LogP contribution < -0.4 is 5.32 Å². The van der Waals surface area contributed by atoms with E-state index in [1.165, 1.54) is 0 Å². The number of carbonyl (C=O) groups excluding carboxylic acids is 1. The van der Waals surface area contributed by atoms with Crippen LogP contribution in [0.4, 0.5) is 0 Å². The van der Waals surface area contributed by atoms with Crippen LogP contribution in [0.15, 0.2) is 89.7 Å². The zero-order chi connectivity index (χ0) is 22.6. The maximum absolute atomic E-state index is 12.7. The SMILES string of the molecule is Cc1cccc(-c2[nH]ncc2C2=C/C=C/C3=CC(C(=O)O[C@H]4CCNC4)=CCC=C3C=C2)n1. The minimum Gasteiger partial charge on any atom is -0.457 e. The van der Waals surface area contributed by atoms with Gasteiger partial charge in [-0.25, -0.2) is 4.79 Å². The van der Waals surface area contributed by atoms with Crippen molar-refractivity contribution in [2.75, 3.05) is 13.1 Å². The van der Waals surface area contributed by atoms with E-state index in [1.54, 1.807) is 0 Å². The first-order valence-corrected chi connectivity index (χ1v) is 11.3. The second kappa shape index (κ2) is 9.38. The average molecular weight is 439 g/mol. The van der Waals surface area contributed by atoms with Crippen LogP contribution >= 0.6 is 0 Å². The summed E-state index contributed by atoms with van der Waals surface area (Å²) in [5, 5.41) is 10.6. The largest absolute Gasteiger partial charge is 0.457 e. The number of rotatable bonds is 4. The van der Waals surface area contributed by atoms with Crippen LogP contribution in [-0.4, -0.2) is 40.3 Å². The average Bonchev–Trinajstić information content (AvgIpc) is 3.44. The first kappa shape index (κ1) is 21.1. The molecule has 6 heteroatoms. The molecule has 0 saturated carbocycles. The van der Waals surface area contributed by atoms with Crippen molar-refractivity contribution in [1.82, 2.24) is 20.5 Å². The molecule has 0 unspecified atom stereocenters. The van der Waals surface area contributed by atoms with E-state index in [0.29, 0.717) is 12.0 Å². The lowest BCUT2D eigenvalue weighted by Crippen LogP contribution is -2.21. The van der Waals surface area contributed by atoms with Crippen LogP contribution in [0.25, 0.3) is 17.0 Å². The number of H-pyrrole nitrogens is 1. The first-order valence-electron chi connectivity index (χ1n) is 11.3. The first-order chi connectivity index (χ1) is 16.2. The lowest BCUT2D eigenvalue weighted by Gasteiger charge is -2.12. The quantitative estimate of drug-likeness (QED) is 0.693. The Morgan fingerprint density at radius 3 is 2.88 bits per heavy atom. The molecule has 0 bridgehead atoms. The molecule has 2 aliphatic carbocycles. The fourth-order valence-electron chi connectivity index (χ4n) is 4.19. The monoisotopic (exact) mass is 438 g/mol. The zero-order valence-electron chi connectivity index (χ0n) is 18.5. The number of hydrogen-bond donors (Lipinski definition) is 2. The molecule has 3 heterocycles. The minimum absolute atomic E-state index is 0.0437. The van der Waals surface area contributed by atoms with E-state index in [1.807, 2.05) is 55.6 Å². The molecule has 166 valence electrons. The van der Waals surface area contributed by atoms with Gasteiger partial charge in [0.1, 0.15) is 6.10 Å². The zero-order valence-corrected chi connectivity index (χ0v) is 18.5. The van der Waals surface area contributed by atoms with Gasteiger partial charge < -0.3 is 10.1 Å². The van der Waals surface area contributed by atoms with E-state index in [2.05, 4.69) is 44.8 Å². The fourth-order valence-corrected chi connectivity index (χ4v) is 4.19. The second-order valence-electron chi connectivity index (χ2n) is 8.31. The molecule has 0 amide bonds. The number of aromatic nitrogens is 3. The number of aromatic amines is 1. The lowest BCUT2D eigenvalue weighted by molar-refractivity contribution is -0.142. The van der Waals surface area contributed by atoms with Crippen LogP contribution in [0.5, 0.6) is 0 Å². The highest BCUT2D eigenvalue weighted by molar-refractivity contribution is 5.93. The molecular weight excluding hydrogens is 412 g/mol. The summed E-state index contributed by atoms with van der Waals surface area (Å²) in [5.74, 6) is -0.254. The molecule has 1 saturated heterocycles. The molecule has 1 atom stereocenters. The van der Waals surface area contributed by atoms with Crippen molar-refractivity contribution in [2.45, 2.75) is 25.9 Å². The van der Waals surface area contributed by atoms with Crippen molar-refractivity contribution < 1.29 is 9.53 Å². The highest BCUT2D eigenvalue weighted by atomic mass is 16.5. The summed E-state index contributed by atoms with van der Waals surface area (Å²) in [6.07, 6.45) is 19.6. The van der Waals surface area contributed by atoms with E-state index in [0.717, 1.165) is 58.9 Å². The molecule has 3 aliphatic rings. The smallest absolute Gasteiger partial charge is 0.338 e. The Morgan fingerprint density at radius 2 is 2.03 bits per heavy atom. The molecule has 1 aliphatic heterocycles. The van der Waals surface area contributed by atoms with Gasteiger partial charge in [0.25, 0.3) is 0 Å². The van der Waals surface area contributed by atoms with E-state index >= 15 is 0 Å². The Kier molecular flexibility index (Phi) is 6.00. The Morgan fingerprint density at radius 1 is 1.12 bits per heavy atom. The fraction of sp³-hybridized carbons (Fsp3) is 0.222. The summed E-state index contributed by atoms with van der Waals surface area (Å²) in [6, 6.07) is 5.96. The molecule has 0 spiro atoms. The maximum atomic E-state index is 12.7. The topological polar surface area (TPSA) is 79.9 Å². The van der Waals surface area contributed by atoms with Gasteiger partial charge in [0.15, 0.2) is 0 Å². The van der Waals surface area contributed by atoms with Crippen molar-refractivity contribution in [1.29, 1.82) is 0 Å². The molecule has 33 heavy (non-hydrogen) atoms. The Labute approximate surface area is 193 Å². The molecule has 6 nitrogen and oxygen atoms in total. The molecule has 0 aromatic carbocycles. The number of fused-ring (bicyclic) bond motifs is 1. The number of nitrogens with zero attached hydrogens (tertiary/aromatic N) is 2. The van der Waals surface area contributed by atoms with Crippen molar-refractivity contribution >= 4 is 11.5 Å². The second-order valence-corrected chi connectivity index (χ2v) is 8.31. The highest BCUT2D eigenvalue weighted by Gasteiger charge is 2.21. The number of carbonyl (C=O) groups is 1. The van der Waals surface area contributed by atoms with Crippen LogP contribution in [0.3, 0.4) is 0 Å². The van der Waals surface area contributed by atoms with Crippen molar-refractivity contribution in [2.24, 2.45) is 0 Å². The number of ether oxygens (including phenoxy) is 1. The van der Waals surface area contributed by atoms with Crippen molar-refractivity contribution in [3.05, 3.63) is 101 Å². The van der Waals surface area contributed by atoms with Crippen molar-refractivity contribution in [3.8, 4) is 11.4 Å². The van der Waals surface area contributed by atoms with Gasteiger partial charge in [-0.15, -0.1) is 0 Å². The molecule has 5 rings (SSSR count). The Bertz CT molecular complexity index is 1250. The van der Waals surface area contributed by atoms with Gasteiger partial charge in [-0.1, -0.05) is 48.6 Å². The molecule has 2 aromatic heterocycles. The molecule has 1 fully saturated rings. The van der Waals surface area contributed by atoms with Crippen LogP contribution in [-0.2, 0) is 9.53 Å². The maximum Gasteiger partial charge on any atom is 0.338 e. The van der Waals surface area contributed by atoms with Gasteiger partial charge in [-0.2, -0.15) is 5.10 Å². The number of pyridine rings is 1. The van der Waals surface area contributed by atoms with E-state index in [-0.39, 0.29) is 12.1 Å². The van der Waals surface area contributed by atoms with E-state index in [9.17, 15) is 4.79 Å². The third-order valence-electron chi connectivity index (χ3n) is 5.93. The van der Waals surface area contributed by atoms with Gasteiger partial charge in [0.05, 0.1) is 23.2 Å². The summed E-state index contributed by atoms with van der Waals surface area (Å²) >= 11 is 0. The lowest BCUT2D eigenvalue weighted by atomic mass is 9.96. The van der Waals surface area contributed by atoms with Crippen LogP contribution in [0, 0.1) is 6.92 Å².